The molecule has 0 atom stereocenters. The van der Waals surface area contributed by atoms with Crippen molar-refractivity contribution in [3.8, 4) is 0 Å². The first kappa shape index (κ1) is 15.5. The number of nitrogens with zero attached hydrogens (tertiary/aromatic N) is 2. The topological polar surface area (TPSA) is 92.2 Å². The van der Waals surface area contributed by atoms with Crippen LogP contribution in [0.1, 0.15) is 20.8 Å². The Balaban J connectivity index is 2.39. The van der Waals surface area contributed by atoms with Crippen LogP contribution in [0.5, 0.6) is 0 Å². The number of carbonyl (C=O) groups is 2. The number of carbonyl (C=O) groups excluding carboxylic acids is 1. The van der Waals surface area contributed by atoms with Gasteiger partial charge in [0.05, 0.1) is 15.7 Å². The Morgan fingerprint density at radius 2 is 1.67 bits per heavy atom. The highest BCUT2D eigenvalue weighted by Gasteiger charge is 2.20. The van der Waals surface area contributed by atoms with E-state index in [1.165, 1.54) is 24.3 Å². The summed E-state index contributed by atoms with van der Waals surface area (Å²) < 4.78 is 0. The van der Waals surface area contributed by atoms with Crippen molar-refractivity contribution in [2.45, 2.75) is 0 Å². The van der Waals surface area contributed by atoms with Gasteiger partial charge in [-0.15, -0.1) is 10.2 Å². The number of aromatic carboxylic acids is 1. The summed E-state index contributed by atoms with van der Waals surface area (Å²) in [6, 6.07) is 5.41. The van der Waals surface area contributed by atoms with Crippen molar-refractivity contribution >= 4 is 52.4 Å². The number of carboxylic acid groups (broad SMARTS) is 1. The average molecular weight is 347 g/mol. The Hall–Kier alpha value is -1.89. The van der Waals surface area contributed by atoms with Crippen molar-refractivity contribution in [3.05, 3.63) is 50.7 Å². The summed E-state index contributed by atoms with van der Waals surface area (Å²) >= 11 is 17.3. The molecule has 0 aliphatic carbocycles. The molecule has 2 aromatic rings. The first-order chi connectivity index (χ1) is 9.90. The van der Waals surface area contributed by atoms with Crippen molar-refractivity contribution in [2.75, 3.05) is 5.32 Å². The highest BCUT2D eigenvalue weighted by Crippen LogP contribution is 2.32. The normalized spacial score (nSPS) is 10.2. The van der Waals surface area contributed by atoms with Crippen LogP contribution in [-0.4, -0.2) is 27.2 Å². The van der Waals surface area contributed by atoms with Crippen LogP contribution in [0.4, 0.5) is 5.69 Å². The number of hydrogen-bond donors (Lipinski definition) is 2. The molecule has 0 saturated carbocycles. The van der Waals surface area contributed by atoms with Crippen molar-refractivity contribution < 1.29 is 14.7 Å². The number of amides is 1. The largest absolute Gasteiger partial charge is 0.478 e. The quantitative estimate of drug-likeness (QED) is 0.888. The standard InChI is InChI=1S/C12H6Cl3N3O3/c13-5-1-2-6(14)10(9(5)12(20)21)16-11(19)7-3-4-8(15)18-17-7/h1-4H,(H,16,19)(H,20,21). The van der Waals surface area contributed by atoms with Gasteiger partial charge < -0.3 is 10.4 Å². The van der Waals surface area contributed by atoms with Gasteiger partial charge in [0.15, 0.2) is 10.8 Å². The van der Waals surface area contributed by atoms with Crippen LogP contribution in [0.25, 0.3) is 0 Å². The van der Waals surface area contributed by atoms with Crippen LogP contribution in [0.2, 0.25) is 15.2 Å². The van der Waals surface area contributed by atoms with Crippen molar-refractivity contribution in [2.24, 2.45) is 0 Å². The minimum absolute atomic E-state index is 0.0343. The Morgan fingerprint density at radius 3 is 2.24 bits per heavy atom. The van der Waals surface area contributed by atoms with E-state index in [2.05, 4.69) is 15.5 Å². The summed E-state index contributed by atoms with van der Waals surface area (Å²) in [6.07, 6.45) is 0. The molecule has 21 heavy (non-hydrogen) atoms. The lowest BCUT2D eigenvalue weighted by atomic mass is 10.1. The van der Waals surface area contributed by atoms with Gasteiger partial charge in [-0.25, -0.2) is 4.79 Å². The zero-order chi connectivity index (χ0) is 15.6. The molecule has 1 amide bonds. The molecule has 0 unspecified atom stereocenters. The highest BCUT2D eigenvalue weighted by atomic mass is 35.5. The van der Waals surface area contributed by atoms with Gasteiger partial charge in [-0.05, 0) is 24.3 Å². The Morgan fingerprint density at radius 1 is 1.00 bits per heavy atom. The lowest BCUT2D eigenvalue weighted by Crippen LogP contribution is -2.17. The lowest BCUT2D eigenvalue weighted by molar-refractivity contribution is 0.0698. The predicted octanol–water partition coefficient (Wildman–Crippen LogP) is 3.39. The van der Waals surface area contributed by atoms with Crippen LogP contribution in [0.15, 0.2) is 24.3 Å². The van der Waals surface area contributed by atoms with E-state index in [1.807, 2.05) is 0 Å². The highest BCUT2D eigenvalue weighted by molar-refractivity contribution is 6.38. The molecule has 2 rings (SSSR count). The molecule has 0 spiro atoms. The Bertz CT molecular complexity index is 720. The van der Waals surface area contributed by atoms with E-state index in [1.54, 1.807) is 0 Å². The summed E-state index contributed by atoms with van der Waals surface area (Å²) in [5.74, 6) is -2.01. The fourth-order valence-electron chi connectivity index (χ4n) is 1.50. The molecule has 0 fully saturated rings. The van der Waals surface area contributed by atoms with Gasteiger partial charge in [0.25, 0.3) is 5.91 Å². The van der Waals surface area contributed by atoms with E-state index in [4.69, 9.17) is 39.9 Å². The van der Waals surface area contributed by atoms with E-state index < -0.39 is 11.9 Å². The number of halogens is 3. The van der Waals surface area contributed by atoms with Gasteiger partial charge in [-0.3, -0.25) is 4.79 Å². The molecule has 1 aromatic heterocycles. The molecule has 1 heterocycles. The van der Waals surface area contributed by atoms with E-state index in [9.17, 15) is 9.59 Å². The van der Waals surface area contributed by atoms with Crippen LogP contribution in [-0.2, 0) is 0 Å². The molecular weight excluding hydrogens is 341 g/mol. The molecule has 0 aliphatic rings. The summed E-state index contributed by atoms with van der Waals surface area (Å²) in [5, 5.41) is 18.7. The Labute approximate surface area is 133 Å². The molecule has 0 aliphatic heterocycles. The maximum Gasteiger partial charge on any atom is 0.339 e. The fraction of sp³-hybridized carbons (Fsp3) is 0. The molecule has 1 aromatic carbocycles. The van der Waals surface area contributed by atoms with Crippen LogP contribution >= 0.6 is 34.8 Å². The molecule has 0 radical (unpaired) electrons. The summed E-state index contributed by atoms with van der Waals surface area (Å²) in [7, 11) is 0. The van der Waals surface area contributed by atoms with Gasteiger partial charge in [0.1, 0.15) is 5.56 Å². The smallest absolute Gasteiger partial charge is 0.339 e. The molecular formula is C12H6Cl3N3O3. The third kappa shape index (κ3) is 3.41. The number of carboxylic acids is 1. The number of nitrogens with one attached hydrogen (secondary N) is 1. The van der Waals surface area contributed by atoms with Crippen LogP contribution in [0.3, 0.4) is 0 Å². The minimum Gasteiger partial charge on any atom is -0.478 e. The van der Waals surface area contributed by atoms with E-state index in [-0.39, 0.29) is 32.1 Å². The second-order valence-corrected chi connectivity index (χ2v) is 4.98. The average Bonchev–Trinajstić information content (AvgIpc) is 2.43. The predicted molar refractivity (Wildman–Crippen MR) is 78.4 cm³/mol. The number of benzene rings is 1. The third-order valence-electron chi connectivity index (χ3n) is 2.42. The fourth-order valence-corrected chi connectivity index (χ4v) is 2.04. The van der Waals surface area contributed by atoms with E-state index in [0.29, 0.717) is 0 Å². The van der Waals surface area contributed by atoms with Gasteiger partial charge in [0.2, 0.25) is 0 Å². The summed E-state index contributed by atoms with van der Waals surface area (Å²) in [4.78, 5) is 23.2. The summed E-state index contributed by atoms with van der Waals surface area (Å²) in [6.45, 7) is 0. The molecule has 0 bridgehead atoms. The van der Waals surface area contributed by atoms with Gasteiger partial charge in [-0.2, -0.15) is 0 Å². The lowest BCUT2D eigenvalue weighted by Gasteiger charge is -2.11. The third-order valence-corrected chi connectivity index (χ3v) is 3.25. The SMILES string of the molecule is O=C(Nc1c(Cl)ccc(Cl)c1C(=O)O)c1ccc(Cl)nn1. The molecule has 2 N–H and O–H groups in total. The monoisotopic (exact) mass is 345 g/mol. The second-order valence-electron chi connectivity index (χ2n) is 3.78. The molecule has 9 heteroatoms. The van der Waals surface area contributed by atoms with Crippen molar-refractivity contribution in [1.82, 2.24) is 10.2 Å². The second kappa shape index (κ2) is 6.26. The minimum atomic E-state index is -1.32. The van der Waals surface area contributed by atoms with E-state index >= 15 is 0 Å². The maximum atomic E-state index is 12.0. The number of rotatable bonds is 3. The van der Waals surface area contributed by atoms with Crippen LogP contribution < -0.4 is 5.32 Å². The molecule has 0 saturated heterocycles. The number of aromatic nitrogens is 2. The number of hydrogen-bond acceptors (Lipinski definition) is 4. The molecule has 108 valence electrons. The van der Waals surface area contributed by atoms with Gasteiger partial charge in [0, 0.05) is 0 Å². The first-order valence-corrected chi connectivity index (χ1v) is 6.55. The van der Waals surface area contributed by atoms with Gasteiger partial charge in [-0.1, -0.05) is 34.8 Å². The van der Waals surface area contributed by atoms with Crippen LogP contribution in [0, 0.1) is 0 Å². The molecule has 6 nitrogen and oxygen atoms in total. The van der Waals surface area contributed by atoms with Crippen molar-refractivity contribution in [1.29, 1.82) is 0 Å². The zero-order valence-corrected chi connectivity index (χ0v) is 12.4. The Kier molecular flexibility index (Phi) is 4.62. The number of anilines is 1. The van der Waals surface area contributed by atoms with E-state index in [0.717, 1.165) is 0 Å². The first-order valence-electron chi connectivity index (χ1n) is 5.42. The van der Waals surface area contributed by atoms with Crippen molar-refractivity contribution in [3.63, 3.8) is 0 Å². The summed E-state index contributed by atoms with van der Waals surface area (Å²) in [5.41, 5.74) is -0.468. The maximum absolute atomic E-state index is 12.0. The van der Waals surface area contributed by atoms with Gasteiger partial charge >= 0.3 is 5.97 Å². The zero-order valence-electron chi connectivity index (χ0n) is 10.1.